The van der Waals surface area contributed by atoms with Crippen LogP contribution < -0.4 is 10.5 Å². The van der Waals surface area contributed by atoms with Crippen molar-refractivity contribution in [1.82, 2.24) is 5.32 Å². The van der Waals surface area contributed by atoms with Gasteiger partial charge in [-0.1, -0.05) is 0 Å². The standard InChI is InChI=1S/C15H24N2O5S3/c1-20-4-3-12(22-6-5-21-2)9-17-10-13-7-11-8-14(25(16,18)19)24-15(11)23-13/h7-8,12,17H,3-6,9-10H2,1-2H3,(H2,16,18,19). The third kappa shape index (κ3) is 6.57. The number of fused-ring (bicyclic) bond motifs is 1. The van der Waals surface area contributed by atoms with Crippen molar-refractivity contribution in [2.24, 2.45) is 5.14 Å². The summed E-state index contributed by atoms with van der Waals surface area (Å²) in [7, 11) is -0.302. The predicted molar refractivity (Wildman–Crippen MR) is 101 cm³/mol. The zero-order chi connectivity index (χ0) is 18.3. The molecule has 0 saturated heterocycles. The summed E-state index contributed by atoms with van der Waals surface area (Å²) in [6.07, 6.45) is 0.870. The van der Waals surface area contributed by atoms with Crippen LogP contribution in [-0.4, -0.2) is 55.1 Å². The van der Waals surface area contributed by atoms with Gasteiger partial charge in [0.05, 0.1) is 23.3 Å². The van der Waals surface area contributed by atoms with Crippen molar-refractivity contribution in [3.8, 4) is 0 Å². The van der Waals surface area contributed by atoms with Crippen LogP contribution in [0.5, 0.6) is 0 Å². The Morgan fingerprint density at radius 1 is 1.16 bits per heavy atom. The molecule has 142 valence electrons. The van der Waals surface area contributed by atoms with Gasteiger partial charge in [-0.25, -0.2) is 13.6 Å². The van der Waals surface area contributed by atoms with E-state index in [2.05, 4.69) is 5.32 Å². The molecule has 1 atom stereocenters. The molecule has 0 aliphatic carbocycles. The lowest BCUT2D eigenvalue weighted by Gasteiger charge is -2.18. The number of hydrogen-bond acceptors (Lipinski definition) is 8. The van der Waals surface area contributed by atoms with Crippen LogP contribution in [0.3, 0.4) is 0 Å². The van der Waals surface area contributed by atoms with E-state index in [0.29, 0.717) is 32.9 Å². The first-order valence-electron chi connectivity index (χ1n) is 7.79. The van der Waals surface area contributed by atoms with Gasteiger partial charge in [-0.15, -0.1) is 22.7 Å². The zero-order valence-electron chi connectivity index (χ0n) is 14.3. The van der Waals surface area contributed by atoms with E-state index in [0.717, 1.165) is 20.7 Å². The monoisotopic (exact) mass is 408 g/mol. The quantitative estimate of drug-likeness (QED) is 0.519. The maximum absolute atomic E-state index is 11.4. The van der Waals surface area contributed by atoms with Crippen LogP contribution in [0.25, 0.3) is 9.40 Å². The van der Waals surface area contributed by atoms with Crippen molar-refractivity contribution in [3.05, 3.63) is 17.0 Å². The maximum atomic E-state index is 11.4. The van der Waals surface area contributed by atoms with Crippen molar-refractivity contribution in [1.29, 1.82) is 0 Å². The minimum atomic E-state index is -3.62. The molecule has 2 heterocycles. The van der Waals surface area contributed by atoms with Gasteiger partial charge < -0.3 is 19.5 Å². The summed E-state index contributed by atoms with van der Waals surface area (Å²) in [5, 5.41) is 9.47. The van der Waals surface area contributed by atoms with Crippen LogP contribution in [0.1, 0.15) is 11.3 Å². The lowest BCUT2D eigenvalue weighted by atomic mass is 10.2. The molecular weight excluding hydrogens is 384 g/mol. The second kappa shape index (κ2) is 9.93. The van der Waals surface area contributed by atoms with E-state index in [1.54, 1.807) is 31.6 Å². The second-order valence-electron chi connectivity index (χ2n) is 5.46. The summed E-state index contributed by atoms with van der Waals surface area (Å²) >= 11 is 2.79. The Kier molecular flexibility index (Phi) is 8.23. The molecule has 0 aliphatic rings. The molecule has 0 bridgehead atoms. The summed E-state index contributed by atoms with van der Waals surface area (Å²) in [5.41, 5.74) is 0. The molecule has 2 rings (SSSR count). The number of rotatable bonds is 12. The fourth-order valence-corrected chi connectivity index (χ4v) is 5.60. The van der Waals surface area contributed by atoms with Gasteiger partial charge in [0, 0.05) is 44.2 Å². The minimum absolute atomic E-state index is 0.0603. The van der Waals surface area contributed by atoms with Crippen LogP contribution >= 0.6 is 22.7 Å². The highest BCUT2D eigenvalue weighted by atomic mass is 32.2. The summed E-state index contributed by atoms with van der Waals surface area (Å²) < 4.78 is 39.8. The molecule has 2 aromatic heterocycles. The molecule has 2 aromatic rings. The molecule has 0 fully saturated rings. The van der Waals surface area contributed by atoms with E-state index in [4.69, 9.17) is 19.3 Å². The van der Waals surface area contributed by atoms with Gasteiger partial charge in [-0.3, -0.25) is 0 Å². The second-order valence-corrected chi connectivity index (χ2v) is 9.70. The summed E-state index contributed by atoms with van der Waals surface area (Å²) in [5.74, 6) is 0. The number of hydrogen-bond donors (Lipinski definition) is 2. The fraction of sp³-hybridized carbons (Fsp3) is 0.600. The first kappa shape index (κ1) is 20.7. The lowest BCUT2D eigenvalue weighted by molar-refractivity contribution is 0.00255. The molecule has 7 nitrogen and oxygen atoms in total. The Morgan fingerprint density at radius 2 is 1.92 bits per heavy atom. The Labute approximate surface area is 156 Å². The van der Waals surface area contributed by atoms with Crippen molar-refractivity contribution in [2.75, 3.05) is 40.6 Å². The highest BCUT2D eigenvalue weighted by Gasteiger charge is 2.15. The first-order chi connectivity index (χ1) is 11.9. The third-order valence-electron chi connectivity index (χ3n) is 3.48. The van der Waals surface area contributed by atoms with E-state index in [1.807, 2.05) is 6.07 Å². The van der Waals surface area contributed by atoms with Gasteiger partial charge >= 0.3 is 0 Å². The summed E-state index contributed by atoms with van der Waals surface area (Å²) in [6, 6.07) is 3.62. The summed E-state index contributed by atoms with van der Waals surface area (Å²) in [4.78, 5) is 1.14. The van der Waals surface area contributed by atoms with Crippen LogP contribution in [0.4, 0.5) is 0 Å². The van der Waals surface area contributed by atoms with Gasteiger partial charge in [0.1, 0.15) is 4.21 Å². The van der Waals surface area contributed by atoms with Crippen molar-refractivity contribution in [3.63, 3.8) is 0 Å². The first-order valence-corrected chi connectivity index (χ1v) is 11.0. The van der Waals surface area contributed by atoms with Crippen LogP contribution in [0.2, 0.25) is 0 Å². The molecule has 0 saturated carbocycles. The number of sulfonamides is 1. The van der Waals surface area contributed by atoms with Crippen molar-refractivity contribution < 1.29 is 22.6 Å². The maximum Gasteiger partial charge on any atom is 0.247 e. The number of methoxy groups -OCH3 is 2. The predicted octanol–water partition coefficient (Wildman–Crippen LogP) is 1.77. The molecule has 25 heavy (non-hydrogen) atoms. The van der Waals surface area contributed by atoms with Gasteiger partial charge in [-0.05, 0) is 18.6 Å². The third-order valence-corrected chi connectivity index (χ3v) is 7.29. The van der Waals surface area contributed by atoms with E-state index in [-0.39, 0.29) is 10.3 Å². The van der Waals surface area contributed by atoms with Crippen LogP contribution in [0.15, 0.2) is 16.3 Å². The Bertz CT molecular complexity index is 725. The Hall–Kier alpha value is -0.590. The largest absolute Gasteiger partial charge is 0.385 e. The van der Waals surface area contributed by atoms with E-state index in [1.165, 1.54) is 11.3 Å². The SMILES string of the molecule is COCCOC(CCOC)CNCc1cc2cc(S(N)(=O)=O)sc2s1. The van der Waals surface area contributed by atoms with Gasteiger partial charge in [0.15, 0.2) is 0 Å². The molecule has 0 amide bonds. The number of ether oxygens (including phenoxy) is 3. The van der Waals surface area contributed by atoms with E-state index >= 15 is 0 Å². The molecule has 1 unspecified atom stereocenters. The molecule has 10 heteroatoms. The normalized spacial score (nSPS) is 13.6. The number of primary sulfonamides is 1. The van der Waals surface area contributed by atoms with E-state index in [9.17, 15) is 8.42 Å². The molecule has 3 N–H and O–H groups in total. The number of nitrogens with one attached hydrogen (secondary N) is 1. The van der Waals surface area contributed by atoms with Crippen LogP contribution in [0, 0.1) is 0 Å². The van der Waals surface area contributed by atoms with Gasteiger partial charge in [0.2, 0.25) is 10.0 Å². The average molecular weight is 409 g/mol. The Balaban J connectivity index is 1.86. The minimum Gasteiger partial charge on any atom is -0.385 e. The summed E-state index contributed by atoms with van der Waals surface area (Å²) in [6.45, 7) is 3.17. The molecule has 0 spiro atoms. The topological polar surface area (TPSA) is 99.9 Å². The number of thiophene rings is 2. The Morgan fingerprint density at radius 3 is 2.56 bits per heavy atom. The van der Waals surface area contributed by atoms with Crippen molar-refractivity contribution >= 4 is 42.1 Å². The lowest BCUT2D eigenvalue weighted by Crippen LogP contribution is -2.30. The van der Waals surface area contributed by atoms with Crippen molar-refractivity contribution in [2.45, 2.75) is 23.3 Å². The van der Waals surface area contributed by atoms with Gasteiger partial charge in [0.25, 0.3) is 0 Å². The molecule has 0 radical (unpaired) electrons. The molecule has 0 aliphatic heterocycles. The molecule has 0 aromatic carbocycles. The van der Waals surface area contributed by atoms with Gasteiger partial charge in [-0.2, -0.15) is 0 Å². The van der Waals surface area contributed by atoms with Crippen LogP contribution in [-0.2, 0) is 30.8 Å². The zero-order valence-corrected chi connectivity index (χ0v) is 16.8. The number of nitrogens with two attached hydrogens (primary N) is 1. The average Bonchev–Trinajstić information content (AvgIpc) is 3.10. The smallest absolute Gasteiger partial charge is 0.247 e. The highest BCUT2D eigenvalue weighted by Crippen LogP contribution is 2.35. The highest BCUT2D eigenvalue weighted by molar-refractivity contribution is 7.91. The molecular formula is C15H24N2O5S3. The fourth-order valence-electron chi connectivity index (χ4n) is 2.24. The van der Waals surface area contributed by atoms with E-state index < -0.39 is 10.0 Å².